The lowest BCUT2D eigenvalue weighted by atomic mass is 10.2. The van der Waals surface area contributed by atoms with Crippen LogP contribution < -0.4 is 5.73 Å². The van der Waals surface area contributed by atoms with Crippen LogP contribution in [0.5, 0.6) is 0 Å². The van der Waals surface area contributed by atoms with E-state index in [0.29, 0.717) is 5.82 Å². The van der Waals surface area contributed by atoms with Crippen molar-refractivity contribution >= 4 is 5.82 Å². The molecule has 0 spiro atoms. The lowest BCUT2D eigenvalue weighted by Crippen LogP contribution is -2.44. The fourth-order valence-electron chi connectivity index (χ4n) is 2.23. The smallest absolute Gasteiger partial charge is 0.169 e. The molecule has 17 heavy (non-hydrogen) atoms. The molecule has 6 heteroatoms. The average Bonchev–Trinajstić information content (AvgIpc) is 2.70. The first-order valence-corrected chi connectivity index (χ1v) is 6.26. The zero-order chi connectivity index (χ0) is 12.3. The molecular formula is C11H21N5O. The van der Waals surface area contributed by atoms with Gasteiger partial charge >= 0.3 is 0 Å². The van der Waals surface area contributed by atoms with Crippen molar-refractivity contribution in [3.8, 4) is 0 Å². The molecule has 2 N–H and O–H groups in total. The second-order valence-corrected chi connectivity index (χ2v) is 4.34. The molecule has 0 aliphatic carbocycles. The van der Waals surface area contributed by atoms with E-state index in [9.17, 15) is 0 Å². The maximum atomic E-state index is 5.76. The van der Waals surface area contributed by atoms with Crippen LogP contribution in [0.4, 0.5) is 5.82 Å². The number of hydrogen-bond acceptors (Lipinski definition) is 5. The molecule has 1 aliphatic heterocycles. The van der Waals surface area contributed by atoms with Crippen LogP contribution in [0, 0.1) is 0 Å². The summed E-state index contributed by atoms with van der Waals surface area (Å²) in [5.74, 6) is 0.538. The Balaban J connectivity index is 2.00. The van der Waals surface area contributed by atoms with Gasteiger partial charge in [-0.05, 0) is 13.0 Å². The monoisotopic (exact) mass is 239 g/mol. The molecule has 0 bridgehead atoms. The summed E-state index contributed by atoms with van der Waals surface area (Å²) in [7, 11) is 0. The third-order valence-corrected chi connectivity index (χ3v) is 3.25. The quantitative estimate of drug-likeness (QED) is 0.809. The van der Waals surface area contributed by atoms with Gasteiger partial charge in [-0.3, -0.25) is 4.90 Å². The third-order valence-electron chi connectivity index (χ3n) is 3.25. The van der Waals surface area contributed by atoms with Gasteiger partial charge in [0, 0.05) is 13.1 Å². The van der Waals surface area contributed by atoms with Crippen LogP contribution in [0.15, 0.2) is 0 Å². The summed E-state index contributed by atoms with van der Waals surface area (Å²) in [6.07, 6.45) is 1.04. The van der Waals surface area contributed by atoms with Gasteiger partial charge in [0.15, 0.2) is 5.82 Å². The summed E-state index contributed by atoms with van der Waals surface area (Å²) >= 11 is 0. The second kappa shape index (κ2) is 5.46. The zero-order valence-electron chi connectivity index (χ0n) is 10.6. The molecule has 0 aromatic carbocycles. The van der Waals surface area contributed by atoms with Crippen molar-refractivity contribution in [2.75, 3.05) is 32.0 Å². The number of morpholine rings is 1. The number of ether oxygens (including phenoxy) is 1. The fraction of sp³-hybridized carbons (Fsp3) is 0.818. The lowest BCUT2D eigenvalue weighted by Gasteiger charge is -2.32. The molecule has 0 amide bonds. The predicted molar refractivity (Wildman–Crippen MR) is 65.7 cm³/mol. The first-order chi connectivity index (χ1) is 8.24. The summed E-state index contributed by atoms with van der Waals surface area (Å²) in [6.45, 7) is 8.82. The van der Waals surface area contributed by atoms with E-state index >= 15 is 0 Å². The number of likely N-dealkylation sites (N-methyl/N-ethyl adjacent to an activating group) is 1. The van der Waals surface area contributed by atoms with Gasteiger partial charge < -0.3 is 10.5 Å². The first kappa shape index (κ1) is 12.3. The van der Waals surface area contributed by atoms with Crippen LogP contribution in [-0.4, -0.2) is 52.2 Å². The molecule has 2 rings (SSSR count). The Labute approximate surface area is 102 Å². The number of nitrogens with zero attached hydrogens (tertiary/aromatic N) is 4. The van der Waals surface area contributed by atoms with Crippen molar-refractivity contribution in [3.63, 3.8) is 0 Å². The molecule has 0 saturated carbocycles. The maximum absolute atomic E-state index is 5.76. The number of nitrogen functional groups attached to an aromatic ring is 1. The Hall–Kier alpha value is -1.14. The molecular weight excluding hydrogens is 218 g/mol. The second-order valence-electron chi connectivity index (χ2n) is 4.34. The molecule has 1 aromatic rings. The number of nitrogens with two attached hydrogens (primary N) is 1. The van der Waals surface area contributed by atoms with Gasteiger partial charge in [0.05, 0.1) is 24.9 Å². The highest BCUT2D eigenvalue weighted by Gasteiger charge is 2.21. The van der Waals surface area contributed by atoms with E-state index < -0.39 is 0 Å². The molecule has 0 radical (unpaired) electrons. The van der Waals surface area contributed by atoms with E-state index in [0.717, 1.165) is 44.9 Å². The van der Waals surface area contributed by atoms with Crippen molar-refractivity contribution in [3.05, 3.63) is 5.69 Å². The van der Waals surface area contributed by atoms with Crippen molar-refractivity contribution in [2.45, 2.75) is 32.9 Å². The number of aromatic nitrogens is 3. The minimum atomic E-state index is 0.190. The minimum Gasteiger partial charge on any atom is -0.381 e. The standard InChI is InChI=1S/C11H21N5O/c1-3-10-11(12)13-14-16(10)8-9-7-15(4-2)5-6-17-9/h9H,3-8,12H2,1-2H3. The summed E-state index contributed by atoms with van der Waals surface area (Å²) in [5, 5.41) is 7.99. The Bertz CT molecular complexity index is 365. The average molecular weight is 239 g/mol. The normalized spacial score (nSPS) is 21.9. The van der Waals surface area contributed by atoms with E-state index in [-0.39, 0.29) is 6.10 Å². The molecule has 1 fully saturated rings. The van der Waals surface area contributed by atoms with Crippen LogP contribution in [-0.2, 0) is 17.7 Å². The largest absolute Gasteiger partial charge is 0.381 e. The van der Waals surface area contributed by atoms with Gasteiger partial charge in [0.25, 0.3) is 0 Å². The van der Waals surface area contributed by atoms with Crippen LogP contribution in [0.3, 0.4) is 0 Å². The molecule has 1 aliphatic rings. The Kier molecular flexibility index (Phi) is 3.96. The third kappa shape index (κ3) is 2.76. The van der Waals surface area contributed by atoms with E-state index in [1.165, 1.54) is 0 Å². The van der Waals surface area contributed by atoms with Crippen LogP contribution in [0.2, 0.25) is 0 Å². The predicted octanol–water partition coefficient (Wildman–Crippen LogP) is 0.143. The van der Waals surface area contributed by atoms with Gasteiger partial charge in [0.1, 0.15) is 0 Å². The summed E-state index contributed by atoms with van der Waals surface area (Å²) in [6, 6.07) is 0. The van der Waals surface area contributed by atoms with E-state index in [2.05, 4.69) is 29.1 Å². The van der Waals surface area contributed by atoms with Crippen molar-refractivity contribution < 1.29 is 4.74 Å². The van der Waals surface area contributed by atoms with Crippen molar-refractivity contribution in [2.24, 2.45) is 0 Å². The Morgan fingerprint density at radius 1 is 1.47 bits per heavy atom. The highest BCUT2D eigenvalue weighted by molar-refractivity contribution is 5.32. The number of anilines is 1. The molecule has 6 nitrogen and oxygen atoms in total. The topological polar surface area (TPSA) is 69.2 Å². The minimum absolute atomic E-state index is 0.190. The van der Waals surface area contributed by atoms with Crippen molar-refractivity contribution in [1.29, 1.82) is 0 Å². The molecule has 96 valence electrons. The van der Waals surface area contributed by atoms with Crippen LogP contribution in [0.1, 0.15) is 19.5 Å². The van der Waals surface area contributed by atoms with Crippen LogP contribution in [0.25, 0.3) is 0 Å². The maximum Gasteiger partial charge on any atom is 0.169 e. The van der Waals surface area contributed by atoms with Gasteiger partial charge in [-0.15, -0.1) is 5.10 Å². The van der Waals surface area contributed by atoms with Crippen LogP contribution >= 0.6 is 0 Å². The van der Waals surface area contributed by atoms with Gasteiger partial charge in [-0.2, -0.15) is 0 Å². The molecule has 1 saturated heterocycles. The Morgan fingerprint density at radius 2 is 2.29 bits per heavy atom. The SMILES string of the molecule is CCc1c(N)nnn1CC1CN(CC)CCO1. The summed E-state index contributed by atoms with van der Waals surface area (Å²) in [5.41, 5.74) is 6.77. The number of rotatable bonds is 4. The summed E-state index contributed by atoms with van der Waals surface area (Å²) < 4.78 is 7.63. The molecule has 2 heterocycles. The Morgan fingerprint density at radius 3 is 3.00 bits per heavy atom. The highest BCUT2D eigenvalue weighted by atomic mass is 16.5. The van der Waals surface area contributed by atoms with Gasteiger partial charge in [-0.25, -0.2) is 4.68 Å². The van der Waals surface area contributed by atoms with Gasteiger partial charge in [-0.1, -0.05) is 19.1 Å². The fourth-order valence-corrected chi connectivity index (χ4v) is 2.23. The zero-order valence-corrected chi connectivity index (χ0v) is 10.6. The van der Waals surface area contributed by atoms with E-state index in [1.807, 2.05) is 4.68 Å². The summed E-state index contributed by atoms with van der Waals surface area (Å²) in [4.78, 5) is 2.39. The number of hydrogen-bond donors (Lipinski definition) is 1. The highest BCUT2D eigenvalue weighted by Crippen LogP contribution is 2.12. The molecule has 1 unspecified atom stereocenters. The van der Waals surface area contributed by atoms with E-state index in [4.69, 9.17) is 10.5 Å². The lowest BCUT2D eigenvalue weighted by molar-refractivity contribution is -0.0363. The van der Waals surface area contributed by atoms with Gasteiger partial charge in [0.2, 0.25) is 0 Å². The van der Waals surface area contributed by atoms with Crippen molar-refractivity contribution in [1.82, 2.24) is 19.9 Å². The molecule has 1 atom stereocenters. The van der Waals surface area contributed by atoms with E-state index in [1.54, 1.807) is 0 Å². The molecule has 1 aromatic heterocycles. The first-order valence-electron chi connectivity index (χ1n) is 6.26.